The van der Waals surface area contributed by atoms with Crippen molar-refractivity contribution in [2.75, 3.05) is 18.4 Å². The summed E-state index contributed by atoms with van der Waals surface area (Å²) in [5.41, 5.74) is -2.42. The van der Waals surface area contributed by atoms with Gasteiger partial charge in [0.25, 0.3) is 0 Å². The highest BCUT2D eigenvalue weighted by Gasteiger charge is 2.58. The topological polar surface area (TPSA) is 82.5 Å². The van der Waals surface area contributed by atoms with Crippen LogP contribution in [0.15, 0.2) is 35.7 Å². The number of carbonyl (C=O) groups is 2. The second-order valence-corrected chi connectivity index (χ2v) is 8.22. The van der Waals surface area contributed by atoms with Gasteiger partial charge >= 0.3 is 6.18 Å². The first-order valence-electron chi connectivity index (χ1n) is 9.45. The van der Waals surface area contributed by atoms with Gasteiger partial charge in [0.1, 0.15) is 5.01 Å². The number of nitrogens with zero attached hydrogens (tertiary/aromatic N) is 2. The molecule has 3 rings (SSSR count). The quantitative estimate of drug-likeness (QED) is 0.745. The van der Waals surface area contributed by atoms with Gasteiger partial charge in [0, 0.05) is 29.9 Å². The molecule has 1 aliphatic heterocycles. The highest BCUT2D eigenvalue weighted by atomic mass is 32.1. The number of nitrogens with one attached hydrogen (secondary N) is 1. The Morgan fingerprint density at radius 1 is 1.30 bits per heavy atom. The SMILES string of the molecule is Cc1csc(C(O)(CC(=O)N2CCCC(C(=O)Nc3ccccc3)C2)C(F)(F)F)n1. The van der Waals surface area contributed by atoms with Crippen LogP contribution in [0.1, 0.15) is 30.0 Å². The number of thiazole rings is 1. The maximum absolute atomic E-state index is 13.7. The molecule has 0 radical (unpaired) electrons. The lowest BCUT2D eigenvalue weighted by molar-refractivity contribution is -0.268. The fourth-order valence-electron chi connectivity index (χ4n) is 3.36. The summed E-state index contributed by atoms with van der Waals surface area (Å²) in [5.74, 6) is -1.69. The number of likely N-dealkylation sites (tertiary alicyclic amines) is 1. The zero-order valence-corrected chi connectivity index (χ0v) is 17.1. The number of anilines is 1. The van der Waals surface area contributed by atoms with E-state index in [-0.39, 0.29) is 19.0 Å². The fraction of sp³-hybridized carbons (Fsp3) is 0.450. The normalized spacial score (nSPS) is 19.2. The van der Waals surface area contributed by atoms with Crippen LogP contribution in [0, 0.1) is 12.8 Å². The van der Waals surface area contributed by atoms with Gasteiger partial charge < -0.3 is 15.3 Å². The fourth-order valence-corrected chi connectivity index (χ4v) is 4.27. The maximum atomic E-state index is 13.7. The summed E-state index contributed by atoms with van der Waals surface area (Å²) in [7, 11) is 0. The first-order chi connectivity index (χ1) is 14.1. The Balaban J connectivity index is 1.70. The van der Waals surface area contributed by atoms with Gasteiger partial charge in [-0.3, -0.25) is 9.59 Å². The van der Waals surface area contributed by atoms with E-state index in [4.69, 9.17) is 0 Å². The van der Waals surface area contributed by atoms with Gasteiger partial charge in [-0.2, -0.15) is 13.2 Å². The van der Waals surface area contributed by atoms with E-state index in [2.05, 4.69) is 10.3 Å². The van der Waals surface area contributed by atoms with Crippen molar-refractivity contribution in [3.05, 3.63) is 46.4 Å². The predicted octanol–water partition coefficient (Wildman–Crippen LogP) is 3.47. The Bertz CT molecular complexity index is 903. The summed E-state index contributed by atoms with van der Waals surface area (Å²) >= 11 is 0.663. The molecular formula is C20H22F3N3O3S. The summed E-state index contributed by atoms with van der Waals surface area (Å²) in [6, 6.07) is 8.80. The van der Waals surface area contributed by atoms with Gasteiger partial charge in [-0.25, -0.2) is 4.98 Å². The molecule has 10 heteroatoms. The summed E-state index contributed by atoms with van der Waals surface area (Å²) in [5, 5.41) is 14.0. The average Bonchev–Trinajstić information content (AvgIpc) is 3.15. The number of carbonyl (C=O) groups excluding carboxylic acids is 2. The van der Waals surface area contributed by atoms with Gasteiger partial charge in [-0.1, -0.05) is 18.2 Å². The third-order valence-electron chi connectivity index (χ3n) is 5.04. The number of hydrogen-bond acceptors (Lipinski definition) is 5. The third kappa shape index (κ3) is 4.81. The number of rotatable bonds is 5. The zero-order chi connectivity index (χ0) is 21.9. The lowest BCUT2D eigenvalue weighted by atomic mass is 9.94. The number of alkyl halides is 3. The molecule has 1 fully saturated rings. The number of para-hydroxylation sites is 1. The molecule has 162 valence electrons. The molecule has 6 nitrogen and oxygen atoms in total. The van der Waals surface area contributed by atoms with Crippen LogP contribution >= 0.6 is 11.3 Å². The minimum atomic E-state index is -5.06. The van der Waals surface area contributed by atoms with Crippen molar-refractivity contribution in [2.45, 2.75) is 38.0 Å². The molecule has 0 saturated carbocycles. The molecule has 0 spiro atoms. The molecule has 2 N–H and O–H groups in total. The number of piperidine rings is 1. The predicted molar refractivity (Wildman–Crippen MR) is 106 cm³/mol. The molecule has 1 aromatic heterocycles. The summed E-state index contributed by atoms with van der Waals surface area (Å²) < 4.78 is 41.0. The highest BCUT2D eigenvalue weighted by molar-refractivity contribution is 7.09. The van der Waals surface area contributed by atoms with Crippen LogP contribution in [0.2, 0.25) is 0 Å². The van der Waals surface area contributed by atoms with Crippen molar-refractivity contribution in [1.29, 1.82) is 0 Å². The molecule has 2 heterocycles. The Kier molecular flexibility index (Phi) is 6.47. The number of amides is 2. The first kappa shape index (κ1) is 22.2. The number of aryl methyl sites for hydroxylation is 1. The van der Waals surface area contributed by atoms with Gasteiger partial charge in [0.15, 0.2) is 0 Å². The Morgan fingerprint density at radius 3 is 2.60 bits per heavy atom. The van der Waals surface area contributed by atoms with E-state index in [9.17, 15) is 27.9 Å². The van der Waals surface area contributed by atoms with Gasteiger partial charge in [0.2, 0.25) is 17.4 Å². The smallest absolute Gasteiger partial charge is 0.374 e. The molecule has 1 aliphatic rings. The second-order valence-electron chi connectivity index (χ2n) is 7.36. The highest BCUT2D eigenvalue weighted by Crippen LogP contribution is 2.43. The van der Waals surface area contributed by atoms with Gasteiger partial charge in [-0.05, 0) is 31.9 Å². The molecule has 1 saturated heterocycles. The summed E-state index contributed by atoms with van der Waals surface area (Å²) in [6.45, 7) is 1.75. The van der Waals surface area contributed by atoms with Crippen LogP contribution in [0.4, 0.5) is 18.9 Å². The standard InChI is InChI=1S/C20H22F3N3O3S/c1-13-12-30-18(24-13)19(29,20(21,22)23)10-16(27)26-9-5-6-14(11-26)17(28)25-15-7-3-2-4-8-15/h2-4,7-8,12,14,29H,5-6,9-11H2,1H3,(H,25,28). The maximum Gasteiger partial charge on any atom is 0.424 e. The van der Waals surface area contributed by atoms with E-state index in [0.717, 1.165) is 0 Å². The summed E-state index contributed by atoms with van der Waals surface area (Å²) in [4.78, 5) is 30.2. The largest absolute Gasteiger partial charge is 0.424 e. The van der Waals surface area contributed by atoms with Crippen LogP contribution < -0.4 is 5.32 Å². The number of aromatic nitrogens is 1. The van der Waals surface area contributed by atoms with Crippen molar-refractivity contribution >= 4 is 28.8 Å². The molecule has 2 aromatic rings. The van der Waals surface area contributed by atoms with Crippen LogP contribution in [-0.4, -0.2) is 46.1 Å². The Hall–Kier alpha value is -2.46. The third-order valence-corrected chi connectivity index (χ3v) is 6.15. The molecule has 0 aliphatic carbocycles. The molecular weight excluding hydrogens is 419 g/mol. The minimum absolute atomic E-state index is 0.00232. The van der Waals surface area contributed by atoms with E-state index < -0.39 is 35.0 Å². The first-order valence-corrected chi connectivity index (χ1v) is 10.3. The monoisotopic (exact) mass is 441 g/mol. The lowest BCUT2D eigenvalue weighted by Crippen LogP contribution is -2.50. The van der Waals surface area contributed by atoms with Crippen LogP contribution in [0.25, 0.3) is 0 Å². The van der Waals surface area contributed by atoms with Crippen molar-refractivity contribution in [3.8, 4) is 0 Å². The number of halogens is 3. The molecule has 30 heavy (non-hydrogen) atoms. The number of aliphatic hydroxyl groups is 1. The molecule has 0 bridgehead atoms. The Labute approximate surface area is 175 Å². The van der Waals surface area contributed by atoms with Crippen molar-refractivity contribution in [2.24, 2.45) is 5.92 Å². The number of benzene rings is 1. The van der Waals surface area contributed by atoms with Crippen LogP contribution in [0.3, 0.4) is 0 Å². The lowest BCUT2D eigenvalue weighted by Gasteiger charge is -2.35. The molecule has 2 unspecified atom stereocenters. The Morgan fingerprint density at radius 2 is 2.00 bits per heavy atom. The van der Waals surface area contributed by atoms with E-state index in [0.29, 0.717) is 35.6 Å². The van der Waals surface area contributed by atoms with E-state index in [1.54, 1.807) is 24.3 Å². The molecule has 2 amide bonds. The van der Waals surface area contributed by atoms with Crippen molar-refractivity contribution < 1.29 is 27.9 Å². The van der Waals surface area contributed by atoms with Crippen molar-refractivity contribution in [1.82, 2.24) is 9.88 Å². The zero-order valence-electron chi connectivity index (χ0n) is 16.3. The van der Waals surface area contributed by atoms with E-state index in [1.807, 2.05) is 6.07 Å². The summed E-state index contributed by atoms with van der Waals surface area (Å²) in [6.07, 6.45) is -5.22. The van der Waals surface area contributed by atoms with Gasteiger partial charge in [-0.15, -0.1) is 11.3 Å². The minimum Gasteiger partial charge on any atom is -0.374 e. The van der Waals surface area contributed by atoms with Crippen LogP contribution in [-0.2, 0) is 15.2 Å². The van der Waals surface area contributed by atoms with Crippen LogP contribution in [0.5, 0.6) is 0 Å². The van der Waals surface area contributed by atoms with Gasteiger partial charge in [0.05, 0.1) is 12.3 Å². The van der Waals surface area contributed by atoms with E-state index >= 15 is 0 Å². The molecule has 1 aromatic carbocycles. The average molecular weight is 441 g/mol. The molecule has 2 atom stereocenters. The van der Waals surface area contributed by atoms with E-state index in [1.165, 1.54) is 17.2 Å². The number of hydrogen-bond donors (Lipinski definition) is 2. The van der Waals surface area contributed by atoms with Crippen molar-refractivity contribution in [3.63, 3.8) is 0 Å². The second kappa shape index (κ2) is 8.73.